The molecule has 1 heterocycles. The first-order valence-corrected chi connectivity index (χ1v) is 6.85. The van der Waals surface area contributed by atoms with Crippen molar-refractivity contribution in [2.75, 3.05) is 5.32 Å². The number of nitrogens with zero attached hydrogens (tertiary/aromatic N) is 2. The Morgan fingerprint density at radius 3 is 2.55 bits per heavy atom. The molecule has 0 saturated carbocycles. The predicted molar refractivity (Wildman–Crippen MR) is 82.3 cm³/mol. The summed E-state index contributed by atoms with van der Waals surface area (Å²) in [6.45, 7) is 0. The van der Waals surface area contributed by atoms with E-state index in [0.717, 1.165) is 11.3 Å². The molecular formula is C17H14FN3O. The van der Waals surface area contributed by atoms with Crippen molar-refractivity contribution in [1.29, 1.82) is 0 Å². The van der Waals surface area contributed by atoms with Gasteiger partial charge in [-0.1, -0.05) is 18.2 Å². The molecule has 2 aromatic carbocycles. The van der Waals surface area contributed by atoms with Gasteiger partial charge in [0.05, 0.1) is 18.3 Å². The van der Waals surface area contributed by atoms with Crippen LogP contribution in [0.1, 0.15) is 5.56 Å². The second kappa shape index (κ2) is 6.22. The second-order valence-corrected chi connectivity index (χ2v) is 4.86. The van der Waals surface area contributed by atoms with E-state index in [1.165, 1.54) is 24.3 Å². The van der Waals surface area contributed by atoms with Crippen molar-refractivity contribution in [1.82, 2.24) is 9.78 Å². The monoisotopic (exact) mass is 295 g/mol. The Hall–Kier alpha value is -2.95. The Morgan fingerprint density at radius 2 is 1.82 bits per heavy atom. The van der Waals surface area contributed by atoms with Crippen molar-refractivity contribution in [3.8, 4) is 5.69 Å². The molecule has 0 aliphatic rings. The number of anilines is 1. The lowest BCUT2D eigenvalue weighted by Gasteiger charge is -2.03. The van der Waals surface area contributed by atoms with Gasteiger partial charge in [0.2, 0.25) is 5.91 Å². The SMILES string of the molecule is O=C(Cc1cnn(-c2ccccc2)c1)Nc1ccc(F)cc1. The molecule has 1 aromatic heterocycles. The van der Waals surface area contributed by atoms with Crippen LogP contribution in [0, 0.1) is 5.82 Å². The first kappa shape index (κ1) is 14.0. The molecule has 0 radical (unpaired) electrons. The van der Waals surface area contributed by atoms with Gasteiger partial charge < -0.3 is 5.32 Å². The largest absolute Gasteiger partial charge is 0.326 e. The average molecular weight is 295 g/mol. The fourth-order valence-corrected chi connectivity index (χ4v) is 2.10. The van der Waals surface area contributed by atoms with Gasteiger partial charge in [-0.15, -0.1) is 0 Å². The van der Waals surface area contributed by atoms with E-state index in [2.05, 4.69) is 10.4 Å². The maximum Gasteiger partial charge on any atom is 0.228 e. The van der Waals surface area contributed by atoms with E-state index in [4.69, 9.17) is 0 Å². The smallest absolute Gasteiger partial charge is 0.228 e. The van der Waals surface area contributed by atoms with E-state index in [1.807, 2.05) is 36.5 Å². The zero-order valence-corrected chi connectivity index (χ0v) is 11.7. The third-order valence-electron chi connectivity index (χ3n) is 3.15. The van der Waals surface area contributed by atoms with E-state index in [-0.39, 0.29) is 18.1 Å². The maximum atomic E-state index is 12.8. The predicted octanol–water partition coefficient (Wildman–Crippen LogP) is 3.19. The zero-order chi connectivity index (χ0) is 15.4. The summed E-state index contributed by atoms with van der Waals surface area (Å²) >= 11 is 0. The normalized spacial score (nSPS) is 10.4. The third kappa shape index (κ3) is 3.38. The molecule has 0 saturated heterocycles. The molecule has 0 fully saturated rings. The van der Waals surface area contributed by atoms with Crippen molar-refractivity contribution in [3.63, 3.8) is 0 Å². The minimum atomic E-state index is -0.331. The van der Waals surface area contributed by atoms with Crippen LogP contribution in [0.3, 0.4) is 0 Å². The topological polar surface area (TPSA) is 46.9 Å². The number of carbonyl (C=O) groups is 1. The molecule has 3 aromatic rings. The van der Waals surface area contributed by atoms with Gasteiger partial charge in [-0.25, -0.2) is 9.07 Å². The van der Waals surface area contributed by atoms with Crippen molar-refractivity contribution >= 4 is 11.6 Å². The molecule has 5 heteroatoms. The lowest BCUT2D eigenvalue weighted by Crippen LogP contribution is -2.14. The molecule has 0 aliphatic heterocycles. The van der Waals surface area contributed by atoms with Crippen molar-refractivity contribution in [3.05, 3.63) is 78.4 Å². The zero-order valence-electron chi connectivity index (χ0n) is 11.7. The van der Waals surface area contributed by atoms with Gasteiger partial charge in [-0.05, 0) is 42.0 Å². The van der Waals surface area contributed by atoms with Crippen LogP contribution in [-0.2, 0) is 11.2 Å². The molecule has 1 N–H and O–H groups in total. The van der Waals surface area contributed by atoms with Gasteiger partial charge in [0.1, 0.15) is 5.82 Å². The van der Waals surface area contributed by atoms with Crippen LogP contribution >= 0.6 is 0 Å². The average Bonchev–Trinajstić information content (AvgIpc) is 2.99. The first-order chi connectivity index (χ1) is 10.7. The van der Waals surface area contributed by atoms with Gasteiger partial charge in [-0.3, -0.25) is 4.79 Å². The van der Waals surface area contributed by atoms with Crippen LogP contribution in [0.25, 0.3) is 5.69 Å². The number of hydrogen-bond acceptors (Lipinski definition) is 2. The van der Waals surface area contributed by atoms with Crippen LogP contribution in [0.5, 0.6) is 0 Å². The quantitative estimate of drug-likeness (QED) is 0.803. The summed E-state index contributed by atoms with van der Waals surface area (Å²) in [7, 11) is 0. The van der Waals surface area contributed by atoms with Gasteiger partial charge in [0, 0.05) is 11.9 Å². The fraction of sp³-hybridized carbons (Fsp3) is 0.0588. The van der Waals surface area contributed by atoms with Crippen LogP contribution in [-0.4, -0.2) is 15.7 Å². The molecule has 3 rings (SSSR count). The van der Waals surface area contributed by atoms with Gasteiger partial charge in [-0.2, -0.15) is 5.10 Å². The molecular weight excluding hydrogens is 281 g/mol. The number of benzene rings is 2. The summed E-state index contributed by atoms with van der Waals surface area (Å²) in [4.78, 5) is 12.0. The lowest BCUT2D eigenvalue weighted by atomic mass is 10.2. The Kier molecular flexibility index (Phi) is 3.96. The summed E-state index contributed by atoms with van der Waals surface area (Å²) < 4.78 is 14.5. The summed E-state index contributed by atoms with van der Waals surface area (Å²) in [6, 6.07) is 15.3. The standard InChI is InChI=1S/C17H14FN3O/c18-14-6-8-15(9-7-14)20-17(22)10-13-11-19-21(12-13)16-4-2-1-3-5-16/h1-9,11-12H,10H2,(H,20,22). The Labute approximate surface area is 127 Å². The third-order valence-corrected chi connectivity index (χ3v) is 3.15. The molecule has 110 valence electrons. The van der Waals surface area contributed by atoms with Crippen LogP contribution in [0.2, 0.25) is 0 Å². The second-order valence-electron chi connectivity index (χ2n) is 4.86. The van der Waals surface area contributed by atoms with E-state index >= 15 is 0 Å². The highest BCUT2D eigenvalue weighted by atomic mass is 19.1. The van der Waals surface area contributed by atoms with Crippen LogP contribution in [0.15, 0.2) is 67.0 Å². The van der Waals surface area contributed by atoms with E-state index in [9.17, 15) is 9.18 Å². The molecule has 0 atom stereocenters. The Bertz CT molecular complexity index is 766. The number of nitrogens with one attached hydrogen (secondary N) is 1. The number of rotatable bonds is 4. The van der Waals surface area contributed by atoms with E-state index in [0.29, 0.717) is 5.69 Å². The Balaban J connectivity index is 1.65. The minimum Gasteiger partial charge on any atom is -0.326 e. The molecule has 0 bridgehead atoms. The van der Waals surface area contributed by atoms with Crippen LogP contribution in [0.4, 0.5) is 10.1 Å². The summed E-state index contributed by atoms with van der Waals surface area (Å²) in [5, 5.41) is 6.97. The summed E-state index contributed by atoms with van der Waals surface area (Å²) in [5.74, 6) is -0.499. The molecule has 0 aliphatic carbocycles. The van der Waals surface area contributed by atoms with Crippen molar-refractivity contribution in [2.45, 2.75) is 6.42 Å². The van der Waals surface area contributed by atoms with E-state index < -0.39 is 0 Å². The van der Waals surface area contributed by atoms with Crippen LogP contribution < -0.4 is 5.32 Å². The van der Waals surface area contributed by atoms with Crippen molar-refractivity contribution < 1.29 is 9.18 Å². The van der Waals surface area contributed by atoms with Crippen molar-refractivity contribution in [2.24, 2.45) is 0 Å². The summed E-state index contributed by atoms with van der Waals surface area (Å²) in [6.07, 6.45) is 3.70. The maximum absolute atomic E-state index is 12.8. The number of carbonyl (C=O) groups excluding carboxylic acids is 1. The number of halogens is 1. The highest BCUT2D eigenvalue weighted by Gasteiger charge is 2.07. The highest BCUT2D eigenvalue weighted by molar-refractivity contribution is 5.92. The number of para-hydroxylation sites is 1. The lowest BCUT2D eigenvalue weighted by molar-refractivity contribution is -0.115. The molecule has 22 heavy (non-hydrogen) atoms. The minimum absolute atomic E-state index is 0.167. The molecule has 0 spiro atoms. The number of hydrogen-bond donors (Lipinski definition) is 1. The van der Waals surface area contributed by atoms with Gasteiger partial charge in [0.25, 0.3) is 0 Å². The van der Waals surface area contributed by atoms with E-state index in [1.54, 1.807) is 10.9 Å². The molecule has 1 amide bonds. The fourth-order valence-electron chi connectivity index (χ4n) is 2.10. The van der Waals surface area contributed by atoms with Gasteiger partial charge >= 0.3 is 0 Å². The number of amides is 1. The molecule has 4 nitrogen and oxygen atoms in total. The highest BCUT2D eigenvalue weighted by Crippen LogP contribution is 2.11. The Morgan fingerprint density at radius 1 is 1.09 bits per heavy atom. The first-order valence-electron chi connectivity index (χ1n) is 6.85. The number of aromatic nitrogens is 2. The van der Waals surface area contributed by atoms with Gasteiger partial charge in [0.15, 0.2) is 0 Å². The molecule has 0 unspecified atom stereocenters. The summed E-state index contributed by atoms with van der Waals surface area (Å²) in [5.41, 5.74) is 2.32.